The maximum atomic E-state index is 13.0. The molecule has 3 aromatic rings. The number of hydrazine groups is 1. The van der Waals surface area contributed by atoms with Crippen LogP contribution in [0.1, 0.15) is 40.9 Å². The van der Waals surface area contributed by atoms with Gasteiger partial charge in [0, 0.05) is 30.2 Å². The van der Waals surface area contributed by atoms with Gasteiger partial charge in [-0.05, 0) is 56.2 Å². The minimum absolute atomic E-state index is 0.135. The van der Waals surface area contributed by atoms with Crippen LogP contribution in [0.5, 0.6) is 0 Å². The molecule has 1 saturated heterocycles. The third kappa shape index (κ3) is 3.80. The molecule has 7 heteroatoms. The average Bonchev–Trinajstić information content (AvgIpc) is 3.35. The van der Waals surface area contributed by atoms with Gasteiger partial charge in [-0.2, -0.15) is 5.10 Å². The Kier molecular flexibility index (Phi) is 5.17. The number of nitrogens with zero attached hydrogens (tertiary/aromatic N) is 2. The van der Waals surface area contributed by atoms with E-state index in [0.717, 1.165) is 28.9 Å². The number of nitrogens with one attached hydrogen (secondary N) is 3. The van der Waals surface area contributed by atoms with Gasteiger partial charge in [-0.15, -0.1) is 0 Å². The Balaban J connectivity index is 1.63. The number of hydrogen-bond acceptors (Lipinski definition) is 4. The maximum absolute atomic E-state index is 13.0. The molecule has 3 N–H and O–H groups in total. The Morgan fingerprint density at radius 3 is 2.82 bits per heavy atom. The smallest absolute Gasteiger partial charge is 0.257 e. The predicted octanol–water partition coefficient (Wildman–Crippen LogP) is 4.01. The van der Waals surface area contributed by atoms with Crippen molar-refractivity contribution in [2.75, 3.05) is 5.32 Å². The highest BCUT2D eigenvalue weighted by atomic mass is 35.5. The number of halogens is 1. The standard InChI is InChI=1S/C21H22ClN5O/c1-13-4-7-19(17(10-13)20-11-14(2)25-26-20)24-21(28)16-12-15(5-6-18(16)22)27-9-3-8-23-27/h3-10,12,14,20,25-26H,11H2,1-2H3,(H,24,28). The average molecular weight is 396 g/mol. The number of carbonyl (C=O) groups excluding carboxylic acids is 1. The van der Waals surface area contributed by atoms with Crippen molar-refractivity contribution >= 4 is 23.2 Å². The highest BCUT2D eigenvalue weighted by Gasteiger charge is 2.25. The van der Waals surface area contributed by atoms with Crippen LogP contribution < -0.4 is 16.2 Å². The van der Waals surface area contributed by atoms with Crippen molar-refractivity contribution in [1.82, 2.24) is 20.6 Å². The van der Waals surface area contributed by atoms with E-state index in [-0.39, 0.29) is 11.9 Å². The van der Waals surface area contributed by atoms with Crippen molar-refractivity contribution in [3.63, 3.8) is 0 Å². The lowest BCUT2D eigenvalue weighted by Gasteiger charge is -2.17. The molecule has 2 heterocycles. The SMILES string of the molecule is Cc1ccc(NC(=O)c2cc(-n3cccn3)ccc2Cl)c(C2CC(C)NN2)c1. The summed E-state index contributed by atoms with van der Waals surface area (Å²) in [5, 5.41) is 7.65. The van der Waals surface area contributed by atoms with Crippen LogP contribution in [-0.4, -0.2) is 21.7 Å². The molecule has 0 aliphatic carbocycles. The van der Waals surface area contributed by atoms with E-state index < -0.39 is 0 Å². The van der Waals surface area contributed by atoms with Gasteiger partial charge in [0.15, 0.2) is 0 Å². The van der Waals surface area contributed by atoms with E-state index >= 15 is 0 Å². The van der Waals surface area contributed by atoms with E-state index in [0.29, 0.717) is 16.6 Å². The summed E-state index contributed by atoms with van der Waals surface area (Å²) < 4.78 is 1.69. The fourth-order valence-electron chi connectivity index (χ4n) is 3.44. The molecule has 0 radical (unpaired) electrons. The molecule has 144 valence electrons. The first-order valence-corrected chi connectivity index (χ1v) is 9.61. The van der Waals surface area contributed by atoms with Gasteiger partial charge in [-0.25, -0.2) is 10.1 Å². The van der Waals surface area contributed by atoms with Crippen molar-refractivity contribution in [2.45, 2.75) is 32.4 Å². The van der Waals surface area contributed by atoms with Gasteiger partial charge in [-0.3, -0.25) is 10.2 Å². The highest BCUT2D eigenvalue weighted by Crippen LogP contribution is 2.30. The van der Waals surface area contributed by atoms with Crippen molar-refractivity contribution in [3.05, 3.63) is 76.6 Å². The molecule has 2 aromatic carbocycles. The Labute approximate surface area is 168 Å². The van der Waals surface area contributed by atoms with Gasteiger partial charge in [0.25, 0.3) is 5.91 Å². The zero-order valence-corrected chi connectivity index (χ0v) is 16.5. The molecule has 0 spiro atoms. The van der Waals surface area contributed by atoms with E-state index in [9.17, 15) is 4.79 Å². The first kappa shape index (κ1) is 18.7. The molecule has 2 atom stereocenters. The summed E-state index contributed by atoms with van der Waals surface area (Å²) in [4.78, 5) is 13.0. The van der Waals surface area contributed by atoms with Crippen LogP contribution in [0.4, 0.5) is 5.69 Å². The summed E-state index contributed by atoms with van der Waals surface area (Å²) in [6.07, 6.45) is 4.46. The van der Waals surface area contributed by atoms with Crippen molar-refractivity contribution in [1.29, 1.82) is 0 Å². The van der Waals surface area contributed by atoms with E-state index in [1.807, 2.05) is 37.4 Å². The monoisotopic (exact) mass is 395 g/mol. The zero-order valence-electron chi connectivity index (χ0n) is 15.7. The van der Waals surface area contributed by atoms with E-state index in [2.05, 4.69) is 34.3 Å². The summed E-state index contributed by atoms with van der Waals surface area (Å²) in [7, 11) is 0. The van der Waals surface area contributed by atoms with Crippen LogP contribution in [0.25, 0.3) is 5.69 Å². The van der Waals surface area contributed by atoms with E-state index in [1.165, 1.54) is 0 Å². The van der Waals surface area contributed by atoms with E-state index in [1.54, 1.807) is 23.0 Å². The van der Waals surface area contributed by atoms with Gasteiger partial charge in [0.2, 0.25) is 0 Å². The minimum Gasteiger partial charge on any atom is -0.322 e. The number of anilines is 1. The van der Waals surface area contributed by atoms with Crippen molar-refractivity contribution < 1.29 is 4.79 Å². The molecule has 28 heavy (non-hydrogen) atoms. The largest absolute Gasteiger partial charge is 0.322 e. The molecule has 6 nitrogen and oxygen atoms in total. The normalized spacial score (nSPS) is 19.0. The number of amides is 1. The predicted molar refractivity (Wildman–Crippen MR) is 111 cm³/mol. The lowest BCUT2D eigenvalue weighted by Crippen LogP contribution is -2.29. The second-order valence-electron chi connectivity index (χ2n) is 7.14. The molecule has 2 unspecified atom stereocenters. The molecule has 1 amide bonds. The Hall–Kier alpha value is -2.67. The summed E-state index contributed by atoms with van der Waals surface area (Å²) in [5.74, 6) is -0.247. The molecular formula is C21H22ClN5O. The first-order chi connectivity index (χ1) is 13.5. The highest BCUT2D eigenvalue weighted by molar-refractivity contribution is 6.34. The second kappa shape index (κ2) is 7.75. The fourth-order valence-corrected chi connectivity index (χ4v) is 3.65. The van der Waals surface area contributed by atoms with Crippen LogP contribution in [0.15, 0.2) is 54.9 Å². The van der Waals surface area contributed by atoms with Gasteiger partial charge < -0.3 is 5.32 Å². The fraction of sp³-hybridized carbons (Fsp3) is 0.238. The van der Waals surface area contributed by atoms with Gasteiger partial charge in [0.1, 0.15) is 0 Å². The lowest BCUT2D eigenvalue weighted by atomic mass is 9.98. The number of benzene rings is 2. The molecule has 0 bridgehead atoms. The summed E-state index contributed by atoms with van der Waals surface area (Å²) in [6, 6.07) is 13.7. The van der Waals surface area contributed by atoms with Gasteiger partial charge in [-0.1, -0.05) is 29.3 Å². The van der Waals surface area contributed by atoms with Crippen molar-refractivity contribution in [2.24, 2.45) is 0 Å². The summed E-state index contributed by atoms with van der Waals surface area (Å²) in [5.41, 5.74) is 10.7. The molecule has 1 fully saturated rings. The molecule has 1 aliphatic rings. The van der Waals surface area contributed by atoms with Crippen LogP contribution in [-0.2, 0) is 0 Å². The van der Waals surface area contributed by atoms with Gasteiger partial charge >= 0.3 is 0 Å². The molecular weight excluding hydrogens is 374 g/mol. The van der Waals surface area contributed by atoms with Gasteiger partial charge in [0.05, 0.1) is 16.3 Å². The summed E-state index contributed by atoms with van der Waals surface area (Å²) in [6.45, 7) is 4.17. The number of carbonyl (C=O) groups is 1. The number of rotatable bonds is 4. The Bertz CT molecular complexity index is 1000. The van der Waals surface area contributed by atoms with Crippen LogP contribution in [0.2, 0.25) is 5.02 Å². The second-order valence-corrected chi connectivity index (χ2v) is 7.54. The topological polar surface area (TPSA) is 71.0 Å². The third-order valence-corrected chi connectivity index (χ3v) is 5.22. The molecule has 0 saturated carbocycles. The number of aryl methyl sites for hydroxylation is 1. The van der Waals surface area contributed by atoms with Crippen LogP contribution in [0.3, 0.4) is 0 Å². The third-order valence-electron chi connectivity index (χ3n) is 4.89. The number of aromatic nitrogens is 2. The quantitative estimate of drug-likeness (QED) is 0.624. The first-order valence-electron chi connectivity index (χ1n) is 9.24. The van der Waals surface area contributed by atoms with Crippen LogP contribution >= 0.6 is 11.6 Å². The molecule has 1 aromatic heterocycles. The van der Waals surface area contributed by atoms with Crippen molar-refractivity contribution in [3.8, 4) is 5.69 Å². The molecule has 1 aliphatic heterocycles. The Morgan fingerprint density at radius 2 is 2.11 bits per heavy atom. The van der Waals surface area contributed by atoms with E-state index in [4.69, 9.17) is 11.6 Å². The minimum atomic E-state index is -0.247. The maximum Gasteiger partial charge on any atom is 0.257 e. The summed E-state index contributed by atoms with van der Waals surface area (Å²) >= 11 is 6.32. The molecule has 4 rings (SSSR count). The van der Waals surface area contributed by atoms with Crippen LogP contribution in [0, 0.1) is 6.92 Å². The zero-order chi connectivity index (χ0) is 19.7. The lowest BCUT2D eigenvalue weighted by molar-refractivity contribution is 0.102. The Morgan fingerprint density at radius 1 is 1.25 bits per heavy atom. The number of hydrogen-bond donors (Lipinski definition) is 3.